The molecule has 344 valence electrons. The van der Waals surface area contributed by atoms with Gasteiger partial charge in [0.05, 0.1) is 30.1 Å². The normalized spacial score (nSPS) is 21.1. The molecule has 3 aromatic carbocycles. The number of carboxylic acid groups (broad SMARTS) is 1. The van der Waals surface area contributed by atoms with E-state index >= 15 is 0 Å². The number of carbonyl (C=O) groups excluding carboxylic acids is 4. The second kappa shape index (κ2) is 21.3. The quantitative estimate of drug-likeness (QED) is 0.152. The first-order valence-corrected chi connectivity index (χ1v) is 22.5. The number of aliphatic carboxylic acids is 1. The number of fused-ring (bicyclic) bond motifs is 15. The number of aromatic nitrogens is 6. The average Bonchev–Trinajstić information content (AvgIpc) is 4.08. The molecule has 4 amide bonds. The number of carbonyl (C=O) groups is 5. The monoisotopic (exact) mass is 889 g/mol. The van der Waals surface area contributed by atoms with Gasteiger partial charge in [-0.15, -0.1) is 10.2 Å². The molecule has 1 saturated heterocycles. The number of aryl methyl sites for hydroxylation is 3. The van der Waals surface area contributed by atoms with Gasteiger partial charge in [-0.1, -0.05) is 78.9 Å². The fourth-order valence-corrected chi connectivity index (χ4v) is 8.31. The highest BCUT2D eigenvalue weighted by Gasteiger charge is 2.45. The lowest BCUT2D eigenvalue weighted by atomic mass is 9.99. The molecule has 2 aromatic heterocycles. The number of carboxylic acids is 1. The van der Waals surface area contributed by atoms with Crippen molar-refractivity contribution in [2.75, 3.05) is 20.2 Å². The third kappa shape index (κ3) is 11.9. The number of benzene rings is 3. The molecule has 65 heavy (non-hydrogen) atoms. The lowest BCUT2D eigenvalue weighted by molar-refractivity contribution is -0.144. The van der Waals surface area contributed by atoms with E-state index in [1.807, 2.05) is 68.7 Å². The van der Waals surface area contributed by atoms with Crippen LogP contribution in [-0.2, 0) is 56.2 Å². The zero-order valence-electron chi connectivity index (χ0n) is 37.4. The molecule has 5 heterocycles. The summed E-state index contributed by atoms with van der Waals surface area (Å²) < 4.78 is 9.44. The number of hydrogen-bond acceptors (Lipinski definition) is 11. The van der Waals surface area contributed by atoms with Gasteiger partial charge in [0.25, 0.3) is 0 Å². The minimum atomic E-state index is -1.34. The molecule has 8 rings (SSSR count). The summed E-state index contributed by atoms with van der Waals surface area (Å²) in [6.07, 6.45) is 7.69. The standard InChI is InChI=1S/C47H59N11O7/c1-29(2)42(51-43(59)30(3)48-4)46(62)57-28-37-25-41(57)45(61)49-39(24-32-14-17-33-10-5-6-11-34(33)22-32)44(60)50-40(47(63)64)23-31-15-18-38(19-16-31)65-21-9-20-56-26-35(52-54-56)12-7-8-13-36-27-58(37)55-53-36/h5-6,10-11,14-19,22,26-27,29-30,37,39-42,48H,7-9,12-13,20-21,23-25,28H2,1-4H3,(H,49,61)(H,50,60)(H,51,59)(H,63,64). The van der Waals surface area contributed by atoms with E-state index in [2.05, 4.69) is 41.9 Å². The molecule has 5 aromatic rings. The Kier molecular flexibility index (Phi) is 15.2. The van der Waals surface area contributed by atoms with Gasteiger partial charge >= 0.3 is 5.97 Å². The third-order valence-corrected chi connectivity index (χ3v) is 12.2. The summed E-state index contributed by atoms with van der Waals surface area (Å²) in [6, 6.07) is 14.9. The number of rotatable bonds is 8. The minimum absolute atomic E-state index is 0.0289. The van der Waals surface area contributed by atoms with Crippen molar-refractivity contribution in [2.24, 2.45) is 5.92 Å². The second-order valence-corrected chi connectivity index (χ2v) is 17.4. The van der Waals surface area contributed by atoms with E-state index in [0.717, 1.165) is 47.0 Å². The summed E-state index contributed by atoms with van der Waals surface area (Å²) in [5, 5.41) is 41.2. The largest absolute Gasteiger partial charge is 0.494 e. The maximum atomic E-state index is 14.8. The summed E-state index contributed by atoms with van der Waals surface area (Å²) in [5.41, 5.74) is 3.04. The van der Waals surface area contributed by atoms with Crippen molar-refractivity contribution in [1.29, 1.82) is 0 Å². The molecule has 5 N–H and O–H groups in total. The van der Waals surface area contributed by atoms with E-state index in [1.54, 1.807) is 47.6 Å². The van der Waals surface area contributed by atoms with Crippen molar-refractivity contribution in [3.05, 3.63) is 102 Å². The molecule has 0 saturated carbocycles. The Labute approximate surface area is 377 Å². The van der Waals surface area contributed by atoms with Crippen LogP contribution < -0.4 is 26.0 Å². The summed E-state index contributed by atoms with van der Waals surface area (Å²) in [6.45, 7) is 6.48. The molecule has 0 radical (unpaired) electrons. The molecule has 3 aliphatic heterocycles. The number of nitrogens with one attached hydrogen (secondary N) is 4. The Bertz CT molecular complexity index is 2450. The van der Waals surface area contributed by atoms with Gasteiger partial charge in [-0.25, -0.2) is 9.48 Å². The summed E-state index contributed by atoms with van der Waals surface area (Å²) in [4.78, 5) is 71.1. The van der Waals surface area contributed by atoms with Crippen LogP contribution in [0.4, 0.5) is 0 Å². The molecule has 0 spiro atoms. The van der Waals surface area contributed by atoms with E-state index in [4.69, 9.17) is 4.74 Å². The van der Waals surface area contributed by atoms with Crippen molar-refractivity contribution in [3.63, 3.8) is 0 Å². The lowest BCUT2D eigenvalue weighted by Gasteiger charge is -2.32. The summed E-state index contributed by atoms with van der Waals surface area (Å²) in [7, 11) is 1.65. The first-order valence-electron chi connectivity index (χ1n) is 22.5. The third-order valence-electron chi connectivity index (χ3n) is 12.2. The summed E-state index contributed by atoms with van der Waals surface area (Å²) >= 11 is 0. The van der Waals surface area contributed by atoms with E-state index in [-0.39, 0.29) is 37.6 Å². The van der Waals surface area contributed by atoms with Gasteiger partial charge in [0, 0.05) is 51.2 Å². The van der Waals surface area contributed by atoms with Crippen molar-refractivity contribution in [2.45, 2.75) is 115 Å². The molecule has 8 bridgehead atoms. The molecule has 18 nitrogen and oxygen atoms in total. The van der Waals surface area contributed by atoms with Crippen LogP contribution in [0.25, 0.3) is 10.8 Å². The second-order valence-electron chi connectivity index (χ2n) is 17.4. The van der Waals surface area contributed by atoms with Crippen LogP contribution in [0.2, 0.25) is 0 Å². The van der Waals surface area contributed by atoms with Crippen LogP contribution in [-0.4, -0.2) is 120 Å². The zero-order valence-corrected chi connectivity index (χ0v) is 37.4. The van der Waals surface area contributed by atoms with E-state index < -0.39 is 59.9 Å². The van der Waals surface area contributed by atoms with Crippen LogP contribution in [0.5, 0.6) is 5.75 Å². The zero-order chi connectivity index (χ0) is 46.0. The van der Waals surface area contributed by atoms with E-state index in [0.29, 0.717) is 37.3 Å². The van der Waals surface area contributed by atoms with Gasteiger partial charge in [0.1, 0.15) is 29.9 Å². The van der Waals surface area contributed by atoms with Crippen molar-refractivity contribution in [3.8, 4) is 5.75 Å². The molecule has 1 fully saturated rings. The SMILES string of the molecule is CNC(C)C(=O)NC(C(=O)N1CC2CC1C(=O)NC(Cc1ccc3ccccc3c1)C(=O)NC(C(=O)O)Cc1ccc(cc1)OCCCn1cc(nn1)CCCCc1cn2nn1)C(C)C. The van der Waals surface area contributed by atoms with Gasteiger partial charge < -0.3 is 36.0 Å². The smallest absolute Gasteiger partial charge is 0.326 e. The highest BCUT2D eigenvalue weighted by Crippen LogP contribution is 2.30. The maximum Gasteiger partial charge on any atom is 0.326 e. The number of amides is 4. The maximum absolute atomic E-state index is 14.8. The number of likely N-dealkylation sites (N-methyl/N-ethyl adjacent to an activating group) is 1. The van der Waals surface area contributed by atoms with Crippen molar-refractivity contribution >= 4 is 40.4 Å². The molecule has 6 atom stereocenters. The van der Waals surface area contributed by atoms with Crippen LogP contribution >= 0.6 is 0 Å². The molecular weight excluding hydrogens is 831 g/mol. The van der Waals surface area contributed by atoms with E-state index in [9.17, 15) is 29.1 Å². The highest BCUT2D eigenvalue weighted by atomic mass is 16.5. The number of likely N-dealkylation sites (tertiary alicyclic amines) is 1. The number of nitrogens with zero attached hydrogens (tertiary/aromatic N) is 7. The first kappa shape index (κ1) is 46.3. The number of ether oxygens (including phenoxy) is 1. The topological polar surface area (TPSA) is 228 Å². The van der Waals surface area contributed by atoms with Gasteiger partial charge in [-0.2, -0.15) is 0 Å². The summed E-state index contributed by atoms with van der Waals surface area (Å²) in [5.74, 6) is -3.10. The Balaban J connectivity index is 1.20. The van der Waals surface area contributed by atoms with Gasteiger partial charge in [-0.05, 0) is 79.6 Å². The Morgan fingerprint density at radius 1 is 0.877 bits per heavy atom. The van der Waals surface area contributed by atoms with Crippen molar-refractivity contribution < 1.29 is 33.8 Å². The van der Waals surface area contributed by atoms with Crippen LogP contribution in [0.3, 0.4) is 0 Å². The van der Waals surface area contributed by atoms with E-state index in [1.165, 1.54) is 4.90 Å². The fourth-order valence-electron chi connectivity index (χ4n) is 8.31. The van der Waals surface area contributed by atoms with Crippen molar-refractivity contribution in [1.82, 2.24) is 56.2 Å². The fraction of sp³-hybridized carbons (Fsp3) is 0.468. The predicted octanol–water partition coefficient (Wildman–Crippen LogP) is 2.80. The number of hydrogen-bond donors (Lipinski definition) is 5. The molecule has 3 aliphatic rings. The molecule has 6 unspecified atom stereocenters. The molecule has 0 aliphatic carbocycles. The van der Waals surface area contributed by atoms with Crippen LogP contribution in [0.15, 0.2) is 79.1 Å². The van der Waals surface area contributed by atoms with Gasteiger partial charge in [0.2, 0.25) is 23.6 Å². The van der Waals surface area contributed by atoms with Gasteiger partial charge in [0.15, 0.2) is 0 Å². The highest BCUT2D eigenvalue weighted by molar-refractivity contribution is 5.96. The Hall–Kier alpha value is -6.69. The van der Waals surface area contributed by atoms with Gasteiger partial charge in [-0.3, -0.25) is 23.9 Å². The van der Waals surface area contributed by atoms with Crippen LogP contribution in [0.1, 0.15) is 75.0 Å². The Morgan fingerprint density at radius 2 is 1.60 bits per heavy atom. The molecular formula is C47H59N11O7. The van der Waals surface area contributed by atoms with Crippen LogP contribution in [0, 0.1) is 5.92 Å². The average molecular weight is 890 g/mol. The lowest BCUT2D eigenvalue weighted by Crippen LogP contribution is -2.59. The first-order chi connectivity index (χ1) is 31.3. The minimum Gasteiger partial charge on any atom is -0.494 e. The Morgan fingerprint density at radius 3 is 2.32 bits per heavy atom. The molecule has 18 heteroatoms. The predicted molar refractivity (Wildman–Crippen MR) is 241 cm³/mol.